The molecule has 0 spiro atoms. The summed E-state index contributed by atoms with van der Waals surface area (Å²) < 4.78 is 0. The fourth-order valence-corrected chi connectivity index (χ4v) is 8.41. The molecule has 0 bridgehead atoms. The van der Waals surface area contributed by atoms with Crippen molar-refractivity contribution < 1.29 is 0 Å². The lowest BCUT2D eigenvalue weighted by molar-refractivity contribution is 0.675. The van der Waals surface area contributed by atoms with Crippen LogP contribution < -0.4 is 36.6 Å². The maximum Gasteiger partial charge on any atom is 0.212 e. The third kappa shape index (κ3) is 2.72. The summed E-state index contributed by atoms with van der Waals surface area (Å²) in [5, 5.41) is 5.47. The van der Waals surface area contributed by atoms with Crippen LogP contribution in [0.15, 0.2) is 91.0 Å². The zero-order valence-electron chi connectivity index (χ0n) is 23.4. The molecule has 0 saturated carbocycles. The Kier molecular flexibility index (Phi) is 4.37. The lowest BCUT2D eigenvalue weighted by atomic mass is 9.36. The summed E-state index contributed by atoms with van der Waals surface area (Å²) in [6.07, 6.45) is 2.56. The van der Waals surface area contributed by atoms with Crippen molar-refractivity contribution in [1.29, 1.82) is 0 Å². The molecule has 0 saturated heterocycles. The number of hydrogen-bond donors (Lipinski definition) is 0. The third-order valence-corrected chi connectivity index (χ3v) is 10.1. The minimum Gasteiger partial charge on any atom is -0.331 e. The van der Waals surface area contributed by atoms with Gasteiger partial charge in [0.05, 0.1) is 23.5 Å². The normalized spacial score (nSPS) is 19.4. The number of anilines is 4. The summed E-state index contributed by atoms with van der Waals surface area (Å²) in [4.78, 5) is 5.43. The first-order valence-corrected chi connectivity index (χ1v) is 14.7. The van der Waals surface area contributed by atoms with Crippen LogP contribution in [0.25, 0.3) is 22.3 Å². The van der Waals surface area contributed by atoms with E-state index in [2.05, 4.69) is 134 Å². The summed E-state index contributed by atoms with van der Waals surface area (Å²) in [5.41, 5.74) is 14.0. The largest absolute Gasteiger partial charge is 0.331 e. The van der Waals surface area contributed by atoms with Crippen molar-refractivity contribution in [1.82, 2.24) is 0 Å². The molecule has 3 heterocycles. The van der Waals surface area contributed by atoms with Crippen LogP contribution >= 0.6 is 0 Å². The predicted molar refractivity (Wildman–Crippen MR) is 174 cm³/mol. The molecule has 4 aliphatic rings. The van der Waals surface area contributed by atoms with E-state index in [-0.39, 0.29) is 12.1 Å². The Hall–Kier alpha value is -4.17. The van der Waals surface area contributed by atoms with Gasteiger partial charge >= 0.3 is 0 Å². The van der Waals surface area contributed by atoms with Crippen LogP contribution in [-0.4, -0.2) is 25.5 Å². The van der Waals surface area contributed by atoms with Gasteiger partial charge in [0.25, 0.3) is 0 Å². The predicted octanol–water partition coefficient (Wildman–Crippen LogP) is 4.57. The molecule has 2 nitrogen and oxygen atoms in total. The summed E-state index contributed by atoms with van der Waals surface area (Å²) in [7, 11) is 0. The van der Waals surface area contributed by atoms with E-state index >= 15 is 0 Å². The summed E-state index contributed by atoms with van der Waals surface area (Å²) in [6, 6.07) is 35.2. The molecule has 0 radical (unpaired) electrons. The Morgan fingerprint density at radius 2 is 1.32 bits per heavy atom. The molecule has 9 rings (SSSR count). The van der Waals surface area contributed by atoms with Crippen molar-refractivity contribution in [2.24, 2.45) is 0 Å². The van der Waals surface area contributed by atoms with Crippen LogP contribution in [0.2, 0.25) is 13.6 Å². The van der Waals surface area contributed by atoms with Gasteiger partial charge in [-0.2, -0.15) is 0 Å². The molecule has 0 fully saturated rings. The second-order valence-electron chi connectivity index (χ2n) is 12.3. The average Bonchev–Trinajstić information content (AvgIpc) is 2.97. The topological polar surface area (TPSA) is 6.48 Å². The Morgan fingerprint density at radius 1 is 0.650 bits per heavy atom. The van der Waals surface area contributed by atoms with E-state index in [4.69, 9.17) is 0 Å². The van der Waals surface area contributed by atoms with E-state index in [9.17, 15) is 0 Å². The van der Waals surface area contributed by atoms with E-state index in [0.29, 0.717) is 13.4 Å². The quantitative estimate of drug-likeness (QED) is 0.281. The molecule has 0 N–H and O–H groups in total. The first-order valence-electron chi connectivity index (χ1n) is 14.7. The van der Waals surface area contributed by atoms with Crippen molar-refractivity contribution in [3.05, 3.63) is 113 Å². The van der Waals surface area contributed by atoms with Crippen LogP contribution in [-0.2, 0) is 0 Å². The van der Waals surface area contributed by atoms with Crippen molar-refractivity contribution in [3.8, 4) is 0 Å². The number of rotatable bonds is 0. The van der Waals surface area contributed by atoms with Crippen LogP contribution in [0.4, 0.5) is 22.7 Å². The van der Waals surface area contributed by atoms with Crippen molar-refractivity contribution in [2.45, 2.75) is 39.6 Å². The Balaban J connectivity index is 1.49. The molecule has 4 heteroatoms. The van der Waals surface area contributed by atoms with E-state index in [1.165, 1.54) is 71.5 Å². The second kappa shape index (κ2) is 7.73. The van der Waals surface area contributed by atoms with Gasteiger partial charge in [-0.1, -0.05) is 120 Å². The molecule has 0 amide bonds. The number of benzene rings is 5. The van der Waals surface area contributed by atoms with Crippen molar-refractivity contribution >= 4 is 74.9 Å². The minimum absolute atomic E-state index is 0.197. The number of hydrogen-bond acceptors (Lipinski definition) is 2. The molecular formula is C36H30B2N2. The number of fused-ring (bicyclic) bond motifs is 9. The van der Waals surface area contributed by atoms with Gasteiger partial charge in [-0.05, 0) is 58.7 Å². The first kappa shape index (κ1) is 22.6. The third-order valence-electron chi connectivity index (χ3n) is 10.1. The van der Waals surface area contributed by atoms with Gasteiger partial charge in [0.2, 0.25) is 13.4 Å². The van der Waals surface area contributed by atoms with Crippen LogP contribution in [0.3, 0.4) is 0 Å². The molecule has 2 atom stereocenters. The standard InChI is InChI=1S/C36H30B2N2/c1-21-13-15-29-27(17-21)37(3)33-25-11-7-5-9-23(25)20-32-35(33)39(29)31-19-24-10-6-8-12-26(24)34-36(31)40(32)30-16-14-22(2)18-28(30)38(34)4/h5-20,31,36H,1-4H3. The highest BCUT2D eigenvalue weighted by Gasteiger charge is 2.51. The molecule has 40 heavy (non-hydrogen) atoms. The summed E-state index contributed by atoms with van der Waals surface area (Å²) in [5.74, 6) is 0. The van der Waals surface area contributed by atoms with Gasteiger partial charge in [-0.25, -0.2) is 0 Å². The van der Waals surface area contributed by atoms with Gasteiger partial charge in [0.1, 0.15) is 0 Å². The summed E-state index contributed by atoms with van der Waals surface area (Å²) in [6.45, 7) is 9.95. The molecule has 5 aromatic carbocycles. The van der Waals surface area contributed by atoms with Crippen molar-refractivity contribution in [2.75, 3.05) is 9.80 Å². The van der Waals surface area contributed by atoms with Crippen molar-refractivity contribution in [3.63, 3.8) is 0 Å². The smallest absolute Gasteiger partial charge is 0.212 e. The van der Waals surface area contributed by atoms with Gasteiger partial charge in [-0.15, -0.1) is 0 Å². The SMILES string of the molecule is CB1C2=c3ccccc3=CC3C2N(c2ccc(C)cc21)c1cc2ccccc2c2c1N3c1ccc(C)cc1B2C. The molecule has 0 aromatic heterocycles. The molecule has 190 valence electrons. The Labute approximate surface area is 236 Å². The second-order valence-corrected chi connectivity index (χ2v) is 12.3. The first-order chi connectivity index (χ1) is 19.5. The minimum atomic E-state index is 0.197. The van der Waals surface area contributed by atoms with Gasteiger partial charge in [0.15, 0.2) is 0 Å². The highest BCUT2D eigenvalue weighted by molar-refractivity contribution is 6.90. The zero-order chi connectivity index (χ0) is 26.9. The van der Waals surface area contributed by atoms with Crippen LogP contribution in [0.1, 0.15) is 11.1 Å². The number of aryl methyl sites for hydroxylation is 2. The molecular weight excluding hydrogens is 482 g/mol. The summed E-state index contributed by atoms with van der Waals surface area (Å²) >= 11 is 0. The monoisotopic (exact) mass is 512 g/mol. The maximum absolute atomic E-state index is 2.72. The zero-order valence-corrected chi connectivity index (χ0v) is 23.4. The van der Waals surface area contributed by atoms with E-state index < -0.39 is 0 Å². The van der Waals surface area contributed by atoms with Gasteiger partial charge < -0.3 is 9.80 Å². The van der Waals surface area contributed by atoms with Gasteiger partial charge in [-0.3, -0.25) is 0 Å². The number of nitrogens with zero attached hydrogens (tertiary/aromatic N) is 2. The maximum atomic E-state index is 2.72. The highest BCUT2D eigenvalue weighted by atomic mass is 15.3. The molecule has 5 aromatic rings. The van der Waals surface area contributed by atoms with Gasteiger partial charge in [0, 0.05) is 11.4 Å². The molecule has 1 aliphatic carbocycles. The highest BCUT2D eigenvalue weighted by Crippen LogP contribution is 2.51. The Bertz CT molecular complexity index is 2060. The fourth-order valence-electron chi connectivity index (χ4n) is 8.41. The van der Waals surface area contributed by atoms with Crippen LogP contribution in [0.5, 0.6) is 0 Å². The van der Waals surface area contributed by atoms with E-state index in [1.807, 2.05) is 0 Å². The van der Waals surface area contributed by atoms with E-state index in [0.717, 1.165) is 0 Å². The molecule has 3 aliphatic heterocycles. The molecule has 2 unspecified atom stereocenters. The fraction of sp³-hybridized carbons (Fsp3) is 0.167. The Morgan fingerprint density at radius 3 is 2.12 bits per heavy atom. The average molecular weight is 512 g/mol. The van der Waals surface area contributed by atoms with E-state index in [1.54, 1.807) is 5.47 Å². The lowest BCUT2D eigenvalue weighted by Crippen LogP contribution is -2.67. The van der Waals surface area contributed by atoms with Crippen LogP contribution in [0, 0.1) is 13.8 Å². The lowest BCUT2D eigenvalue weighted by Gasteiger charge is -2.57.